The van der Waals surface area contributed by atoms with Gasteiger partial charge in [-0.05, 0) is 30.5 Å². The number of nitrogens with zero attached hydrogens (tertiary/aromatic N) is 2. The van der Waals surface area contributed by atoms with Gasteiger partial charge >= 0.3 is 5.97 Å². The Morgan fingerprint density at radius 3 is 2.68 bits per heavy atom. The van der Waals surface area contributed by atoms with E-state index in [0.717, 1.165) is 0 Å². The summed E-state index contributed by atoms with van der Waals surface area (Å²) in [5, 5.41) is 23.5. The summed E-state index contributed by atoms with van der Waals surface area (Å²) in [6.45, 7) is 3.90. The van der Waals surface area contributed by atoms with Crippen LogP contribution in [0, 0.1) is 16.0 Å². The van der Waals surface area contributed by atoms with Gasteiger partial charge in [-0.25, -0.2) is 9.78 Å². The topological polar surface area (TPSA) is 105 Å². The summed E-state index contributed by atoms with van der Waals surface area (Å²) in [5.74, 6) is -0.259. The summed E-state index contributed by atoms with van der Waals surface area (Å²) in [7, 11) is 0. The third-order valence-corrected chi connectivity index (χ3v) is 3.21. The standard InChI is InChI=1S/C15H17N3O4/c1-9(2)7-13(15(19)20)17-14-6-3-10-8-11(18(21)22)4-5-12(10)16-14/h3-6,8-9,13H,7H2,1-2H3,(H,16,17)(H,19,20). The molecule has 1 aromatic carbocycles. The van der Waals surface area contributed by atoms with Crippen LogP contribution >= 0.6 is 0 Å². The Kier molecular flexibility index (Phi) is 4.55. The maximum absolute atomic E-state index is 11.3. The summed E-state index contributed by atoms with van der Waals surface area (Å²) in [6, 6.07) is 6.96. The van der Waals surface area contributed by atoms with Gasteiger partial charge in [0.25, 0.3) is 5.69 Å². The van der Waals surface area contributed by atoms with Gasteiger partial charge in [0, 0.05) is 17.5 Å². The molecule has 0 amide bonds. The van der Waals surface area contributed by atoms with Crippen LogP contribution in [0.15, 0.2) is 30.3 Å². The number of nitrogens with one attached hydrogen (secondary N) is 1. The molecule has 7 nitrogen and oxygen atoms in total. The molecular weight excluding hydrogens is 286 g/mol. The molecule has 2 rings (SSSR count). The third kappa shape index (κ3) is 3.69. The van der Waals surface area contributed by atoms with E-state index in [0.29, 0.717) is 23.1 Å². The Labute approximate surface area is 127 Å². The molecule has 0 radical (unpaired) electrons. The number of rotatable bonds is 6. The average Bonchev–Trinajstić information content (AvgIpc) is 2.45. The van der Waals surface area contributed by atoms with Gasteiger partial charge in [-0.3, -0.25) is 10.1 Å². The van der Waals surface area contributed by atoms with Crippen LogP contribution < -0.4 is 5.32 Å². The molecule has 0 fully saturated rings. The van der Waals surface area contributed by atoms with Crippen molar-refractivity contribution in [2.24, 2.45) is 5.92 Å². The van der Waals surface area contributed by atoms with Crippen molar-refractivity contribution in [2.75, 3.05) is 5.32 Å². The van der Waals surface area contributed by atoms with Gasteiger partial charge in [0.05, 0.1) is 10.4 Å². The normalized spacial score (nSPS) is 12.3. The van der Waals surface area contributed by atoms with E-state index in [-0.39, 0.29) is 11.6 Å². The van der Waals surface area contributed by atoms with E-state index < -0.39 is 16.9 Å². The van der Waals surface area contributed by atoms with Gasteiger partial charge in [-0.15, -0.1) is 0 Å². The summed E-state index contributed by atoms with van der Waals surface area (Å²) < 4.78 is 0. The van der Waals surface area contributed by atoms with Crippen molar-refractivity contribution < 1.29 is 14.8 Å². The van der Waals surface area contributed by atoms with Gasteiger partial charge in [0.1, 0.15) is 11.9 Å². The van der Waals surface area contributed by atoms with E-state index in [1.165, 1.54) is 12.1 Å². The Morgan fingerprint density at radius 1 is 1.36 bits per heavy atom. The van der Waals surface area contributed by atoms with E-state index in [4.69, 9.17) is 0 Å². The predicted molar refractivity (Wildman–Crippen MR) is 82.9 cm³/mol. The fourth-order valence-electron chi connectivity index (χ4n) is 2.18. The average molecular weight is 303 g/mol. The fraction of sp³-hybridized carbons (Fsp3) is 0.333. The van der Waals surface area contributed by atoms with Crippen molar-refractivity contribution in [1.29, 1.82) is 0 Å². The molecule has 116 valence electrons. The number of anilines is 1. The van der Waals surface area contributed by atoms with Crippen molar-refractivity contribution in [3.8, 4) is 0 Å². The number of aromatic nitrogens is 1. The number of hydrogen-bond acceptors (Lipinski definition) is 5. The molecule has 0 aliphatic carbocycles. The maximum Gasteiger partial charge on any atom is 0.326 e. The van der Waals surface area contributed by atoms with E-state index in [2.05, 4.69) is 10.3 Å². The van der Waals surface area contributed by atoms with Gasteiger partial charge < -0.3 is 10.4 Å². The van der Waals surface area contributed by atoms with E-state index in [1.807, 2.05) is 13.8 Å². The smallest absolute Gasteiger partial charge is 0.326 e. The first-order valence-corrected chi connectivity index (χ1v) is 6.91. The van der Waals surface area contributed by atoms with E-state index in [1.54, 1.807) is 18.2 Å². The van der Waals surface area contributed by atoms with Gasteiger partial charge in [-0.1, -0.05) is 13.8 Å². The molecule has 7 heteroatoms. The first-order chi connectivity index (χ1) is 10.4. The lowest BCUT2D eigenvalue weighted by Crippen LogP contribution is -2.31. The number of carboxylic acid groups (broad SMARTS) is 1. The van der Waals surface area contributed by atoms with Crippen LogP contribution in [-0.2, 0) is 4.79 Å². The van der Waals surface area contributed by atoms with Crippen LogP contribution in [0.25, 0.3) is 10.9 Å². The molecule has 1 aromatic heterocycles. The van der Waals surface area contributed by atoms with Crippen LogP contribution in [-0.4, -0.2) is 27.0 Å². The first kappa shape index (κ1) is 15.7. The Morgan fingerprint density at radius 2 is 2.09 bits per heavy atom. The quantitative estimate of drug-likeness (QED) is 0.627. The van der Waals surface area contributed by atoms with E-state index >= 15 is 0 Å². The number of hydrogen-bond donors (Lipinski definition) is 2. The number of carboxylic acids is 1. The Hall–Kier alpha value is -2.70. The lowest BCUT2D eigenvalue weighted by Gasteiger charge is -2.17. The molecule has 22 heavy (non-hydrogen) atoms. The highest BCUT2D eigenvalue weighted by Gasteiger charge is 2.19. The number of nitro benzene ring substituents is 1. The number of aliphatic carboxylic acids is 1. The molecule has 1 unspecified atom stereocenters. The molecule has 2 N–H and O–H groups in total. The molecule has 0 bridgehead atoms. The van der Waals surface area contributed by atoms with Crippen molar-refractivity contribution >= 4 is 28.4 Å². The third-order valence-electron chi connectivity index (χ3n) is 3.21. The molecule has 0 aliphatic heterocycles. The second kappa shape index (κ2) is 6.38. The molecule has 0 spiro atoms. The van der Waals surface area contributed by atoms with Crippen LogP contribution in [0.2, 0.25) is 0 Å². The lowest BCUT2D eigenvalue weighted by atomic mass is 10.0. The second-order valence-electron chi connectivity index (χ2n) is 5.50. The maximum atomic E-state index is 11.3. The predicted octanol–water partition coefficient (Wildman–Crippen LogP) is 3.05. The van der Waals surface area contributed by atoms with Crippen LogP contribution in [0.1, 0.15) is 20.3 Å². The minimum Gasteiger partial charge on any atom is -0.480 e. The zero-order valence-corrected chi connectivity index (χ0v) is 12.3. The zero-order chi connectivity index (χ0) is 16.3. The Balaban J connectivity index is 2.27. The lowest BCUT2D eigenvalue weighted by molar-refractivity contribution is -0.384. The van der Waals surface area contributed by atoms with Gasteiger partial charge in [0.2, 0.25) is 0 Å². The summed E-state index contributed by atoms with van der Waals surface area (Å²) in [6.07, 6.45) is 0.481. The number of carbonyl (C=O) groups is 1. The molecule has 1 atom stereocenters. The Bertz CT molecular complexity index is 715. The van der Waals surface area contributed by atoms with Crippen molar-refractivity contribution in [3.63, 3.8) is 0 Å². The molecular formula is C15H17N3O4. The minimum absolute atomic E-state index is 0.00164. The van der Waals surface area contributed by atoms with Crippen LogP contribution in [0.4, 0.5) is 11.5 Å². The molecule has 1 heterocycles. The number of non-ortho nitro benzene ring substituents is 1. The monoisotopic (exact) mass is 303 g/mol. The van der Waals surface area contributed by atoms with Crippen molar-refractivity contribution in [1.82, 2.24) is 4.98 Å². The van der Waals surface area contributed by atoms with E-state index in [9.17, 15) is 20.0 Å². The molecule has 0 aliphatic rings. The second-order valence-corrected chi connectivity index (χ2v) is 5.50. The number of benzene rings is 1. The summed E-state index contributed by atoms with van der Waals surface area (Å²) in [5.41, 5.74) is 0.572. The summed E-state index contributed by atoms with van der Waals surface area (Å²) in [4.78, 5) is 25.8. The SMILES string of the molecule is CC(C)CC(Nc1ccc2cc([N+](=O)[O-])ccc2n1)C(=O)O. The summed E-state index contributed by atoms with van der Waals surface area (Å²) >= 11 is 0. The van der Waals surface area contributed by atoms with Gasteiger partial charge in [-0.2, -0.15) is 0 Å². The van der Waals surface area contributed by atoms with Crippen LogP contribution in [0.5, 0.6) is 0 Å². The highest BCUT2D eigenvalue weighted by molar-refractivity contribution is 5.83. The van der Waals surface area contributed by atoms with Crippen LogP contribution in [0.3, 0.4) is 0 Å². The molecule has 0 saturated heterocycles. The first-order valence-electron chi connectivity index (χ1n) is 6.91. The fourth-order valence-corrected chi connectivity index (χ4v) is 2.18. The molecule has 0 saturated carbocycles. The largest absolute Gasteiger partial charge is 0.480 e. The van der Waals surface area contributed by atoms with Crippen molar-refractivity contribution in [2.45, 2.75) is 26.3 Å². The minimum atomic E-state index is -0.931. The zero-order valence-electron chi connectivity index (χ0n) is 12.3. The van der Waals surface area contributed by atoms with Crippen molar-refractivity contribution in [3.05, 3.63) is 40.4 Å². The number of nitro groups is 1. The number of pyridine rings is 1. The molecule has 2 aromatic rings. The highest BCUT2D eigenvalue weighted by Crippen LogP contribution is 2.22. The number of fused-ring (bicyclic) bond motifs is 1. The van der Waals surface area contributed by atoms with Gasteiger partial charge in [0.15, 0.2) is 0 Å². The highest BCUT2D eigenvalue weighted by atomic mass is 16.6.